The fourth-order valence-corrected chi connectivity index (χ4v) is 6.07. The molecule has 0 heterocycles. The smallest absolute Gasteiger partial charge is 0.123 e. The molecule has 1 unspecified atom stereocenters. The Bertz CT molecular complexity index is 866. The Balaban J connectivity index is 0.00000243. The number of aryl methyl sites for hydroxylation is 1. The predicted molar refractivity (Wildman–Crippen MR) is 116 cm³/mol. The second-order valence-corrected chi connectivity index (χ2v) is 10.4. The number of hydrogen-bond acceptors (Lipinski definition) is 1. The van der Waals surface area contributed by atoms with Crippen LogP contribution >= 0.6 is 7.92 Å². The molecule has 0 aromatic heterocycles. The minimum absolute atomic E-state index is 0. The summed E-state index contributed by atoms with van der Waals surface area (Å²) in [5.41, 5.74) is 3.31. The van der Waals surface area contributed by atoms with Crippen LogP contribution in [0.25, 0.3) is 11.1 Å². The summed E-state index contributed by atoms with van der Waals surface area (Å²) in [6, 6.07) is 25.0. The summed E-state index contributed by atoms with van der Waals surface area (Å²) in [7, 11) is -0.572. The Hall–Kier alpha value is -2.05. The van der Waals surface area contributed by atoms with Gasteiger partial charge in [-0.1, -0.05) is 93.1 Å². The van der Waals surface area contributed by atoms with Crippen molar-refractivity contribution in [2.24, 2.45) is 0 Å². The van der Waals surface area contributed by atoms with Gasteiger partial charge >= 0.3 is 0 Å². The molecule has 26 heavy (non-hydrogen) atoms. The van der Waals surface area contributed by atoms with E-state index in [1.807, 2.05) is 18.2 Å². The van der Waals surface area contributed by atoms with Crippen LogP contribution in [0.2, 0.25) is 0 Å². The highest BCUT2D eigenvalue weighted by Gasteiger charge is 2.29. The lowest BCUT2D eigenvalue weighted by Crippen LogP contribution is -2.27. The van der Waals surface area contributed by atoms with Crippen LogP contribution in [-0.2, 0) is 0 Å². The van der Waals surface area contributed by atoms with Gasteiger partial charge in [-0.3, -0.25) is 0 Å². The summed E-state index contributed by atoms with van der Waals surface area (Å²) in [5, 5.41) is 13.2. The first-order valence-corrected chi connectivity index (χ1v) is 9.96. The average molecular weight is 359 g/mol. The van der Waals surface area contributed by atoms with E-state index in [1.54, 1.807) is 6.07 Å². The molecule has 0 aliphatic heterocycles. The van der Waals surface area contributed by atoms with Crippen molar-refractivity contribution in [3.63, 3.8) is 0 Å². The average Bonchev–Trinajstić information content (AvgIpc) is 2.57. The van der Waals surface area contributed by atoms with Crippen molar-refractivity contribution < 1.29 is 5.11 Å². The SMILES string of the molecule is Cc1ccc(P(c2ccccc2-c2ccccc2O)C(C)(C)C)cc1.[B]. The van der Waals surface area contributed by atoms with E-state index < -0.39 is 7.92 Å². The molecule has 3 rings (SSSR count). The minimum Gasteiger partial charge on any atom is -0.507 e. The van der Waals surface area contributed by atoms with E-state index in [2.05, 4.69) is 76.2 Å². The molecule has 0 saturated heterocycles. The normalized spacial score (nSPS) is 12.3. The van der Waals surface area contributed by atoms with Crippen LogP contribution in [0.3, 0.4) is 0 Å². The maximum atomic E-state index is 10.4. The van der Waals surface area contributed by atoms with Gasteiger partial charge in [0.15, 0.2) is 0 Å². The van der Waals surface area contributed by atoms with Gasteiger partial charge in [-0.2, -0.15) is 0 Å². The zero-order valence-electron chi connectivity index (χ0n) is 15.9. The summed E-state index contributed by atoms with van der Waals surface area (Å²) in [4.78, 5) is 0. The topological polar surface area (TPSA) is 20.2 Å². The second kappa shape index (κ2) is 8.10. The van der Waals surface area contributed by atoms with Crippen LogP contribution in [0.15, 0.2) is 72.8 Å². The Morgan fingerprint density at radius 1 is 0.731 bits per heavy atom. The highest BCUT2D eigenvalue weighted by atomic mass is 31.1. The standard InChI is InChI=1S/C23H25OP.B/c1-17-13-15-18(16-14-17)25(23(2,3)4)22-12-8-6-10-20(22)19-9-5-7-11-21(19)24;/h5-16,24H,1-4H3;. The summed E-state index contributed by atoms with van der Waals surface area (Å²) < 4.78 is 0. The van der Waals surface area contributed by atoms with Crippen molar-refractivity contribution in [3.05, 3.63) is 78.4 Å². The molecule has 0 aliphatic rings. The quantitative estimate of drug-likeness (QED) is 0.502. The van der Waals surface area contributed by atoms with Crippen molar-refractivity contribution in [1.29, 1.82) is 0 Å². The number of benzene rings is 3. The highest BCUT2D eigenvalue weighted by Crippen LogP contribution is 2.49. The number of phenolic OH excluding ortho intramolecular Hbond substituents is 1. The lowest BCUT2D eigenvalue weighted by atomic mass is 10.0. The van der Waals surface area contributed by atoms with Crippen molar-refractivity contribution in [1.82, 2.24) is 0 Å². The van der Waals surface area contributed by atoms with Gasteiger partial charge in [0.25, 0.3) is 0 Å². The molecule has 0 bridgehead atoms. The fourth-order valence-electron chi connectivity index (χ4n) is 3.18. The van der Waals surface area contributed by atoms with E-state index in [0.717, 1.165) is 11.1 Å². The minimum atomic E-state index is -0.572. The summed E-state index contributed by atoms with van der Waals surface area (Å²) in [6.07, 6.45) is 0. The fraction of sp³-hybridized carbons (Fsp3) is 0.217. The van der Waals surface area contributed by atoms with Gasteiger partial charge in [0.1, 0.15) is 5.75 Å². The molecular weight excluding hydrogens is 334 g/mol. The molecule has 0 spiro atoms. The molecule has 0 amide bonds. The van der Waals surface area contributed by atoms with Crippen molar-refractivity contribution in [2.75, 3.05) is 0 Å². The summed E-state index contributed by atoms with van der Waals surface area (Å²) in [5.74, 6) is 0.336. The molecule has 3 radical (unpaired) electrons. The third-order valence-corrected chi connectivity index (χ3v) is 7.33. The van der Waals surface area contributed by atoms with Gasteiger partial charge in [0, 0.05) is 14.0 Å². The molecule has 3 aromatic rings. The van der Waals surface area contributed by atoms with Crippen LogP contribution in [0, 0.1) is 6.92 Å². The molecular formula is C23H25BOP. The van der Waals surface area contributed by atoms with Crippen LogP contribution in [0.5, 0.6) is 5.75 Å². The molecule has 0 aliphatic carbocycles. The van der Waals surface area contributed by atoms with Crippen molar-refractivity contribution >= 4 is 26.9 Å². The number of aromatic hydroxyl groups is 1. The van der Waals surface area contributed by atoms with Gasteiger partial charge in [0.2, 0.25) is 0 Å². The van der Waals surface area contributed by atoms with Crippen LogP contribution in [-0.4, -0.2) is 18.7 Å². The maximum Gasteiger partial charge on any atom is 0.123 e. The van der Waals surface area contributed by atoms with E-state index in [1.165, 1.54) is 16.2 Å². The van der Waals surface area contributed by atoms with E-state index in [9.17, 15) is 5.11 Å². The molecule has 0 fully saturated rings. The Labute approximate surface area is 160 Å². The highest BCUT2D eigenvalue weighted by molar-refractivity contribution is 7.74. The lowest BCUT2D eigenvalue weighted by Gasteiger charge is -2.34. The molecule has 3 aromatic carbocycles. The molecule has 1 N–H and O–H groups in total. The zero-order valence-corrected chi connectivity index (χ0v) is 16.8. The van der Waals surface area contributed by atoms with Crippen LogP contribution in [0.4, 0.5) is 0 Å². The van der Waals surface area contributed by atoms with Gasteiger partial charge in [-0.15, -0.1) is 0 Å². The largest absolute Gasteiger partial charge is 0.507 e. The summed E-state index contributed by atoms with van der Waals surface area (Å²) >= 11 is 0. The number of para-hydroxylation sites is 1. The molecule has 3 heteroatoms. The number of hydrogen-bond donors (Lipinski definition) is 1. The Morgan fingerprint density at radius 3 is 1.85 bits per heavy atom. The van der Waals surface area contributed by atoms with Gasteiger partial charge in [-0.05, 0) is 42.2 Å². The molecule has 1 nitrogen and oxygen atoms in total. The van der Waals surface area contributed by atoms with Crippen LogP contribution in [0.1, 0.15) is 26.3 Å². The second-order valence-electron chi connectivity index (χ2n) is 7.38. The van der Waals surface area contributed by atoms with Crippen LogP contribution < -0.4 is 10.6 Å². The number of phenols is 1. The van der Waals surface area contributed by atoms with E-state index >= 15 is 0 Å². The first-order valence-electron chi connectivity index (χ1n) is 8.62. The van der Waals surface area contributed by atoms with Gasteiger partial charge in [0.05, 0.1) is 0 Å². The van der Waals surface area contributed by atoms with E-state index in [-0.39, 0.29) is 13.6 Å². The van der Waals surface area contributed by atoms with Crippen molar-refractivity contribution in [2.45, 2.75) is 32.9 Å². The predicted octanol–water partition coefficient (Wildman–Crippen LogP) is 5.22. The number of rotatable bonds is 3. The lowest BCUT2D eigenvalue weighted by molar-refractivity contribution is 0.477. The van der Waals surface area contributed by atoms with Crippen molar-refractivity contribution in [3.8, 4) is 16.9 Å². The first-order chi connectivity index (χ1) is 11.9. The van der Waals surface area contributed by atoms with E-state index in [4.69, 9.17) is 0 Å². The van der Waals surface area contributed by atoms with Gasteiger partial charge in [-0.25, -0.2) is 0 Å². The Morgan fingerprint density at radius 2 is 1.27 bits per heavy atom. The molecule has 131 valence electrons. The molecule has 0 saturated carbocycles. The summed E-state index contributed by atoms with van der Waals surface area (Å²) in [6.45, 7) is 9.04. The maximum absolute atomic E-state index is 10.4. The monoisotopic (exact) mass is 359 g/mol. The van der Waals surface area contributed by atoms with E-state index in [0.29, 0.717) is 5.75 Å². The Kier molecular flexibility index (Phi) is 6.32. The molecule has 1 atom stereocenters. The van der Waals surface area contributed by atoms with Gasteiger partial charge < -0.3 is 5.11 Å². The zero-order chi connectivity index (χ0) is 18.0. The first kappa shape index (κ1) is 20.3. The third kappa shape index (κ3) is 4.19. The third-order valence-electron chi connectivity index (χ3n) is 4.30.